The number of amides is 3. The zero-order valence-corrected chi connectivity index (χ0v) is 17.5. The standard InChI is InChI=1S/C16H30N6O2.HI/c1-13-6-3-4-9-21(13)10-5-7-18-15(17-2)19-8-11-22-14(23)12-20-16(22)24;/h13H,3-12H2,1-2H3,(H,20,24)(H2,17,18,19);1H. The number of hydrogen-bond donors (Lipinski definition) is 3. The van der Waals surface area contributed by atoms with Crippen molar-refractivity contribution in [1.29, 1.82) is 0 Å². The van der Waals surface area contributed by atoms with Crippen LogP contribution < -0.4 is 16.0 Å². The summed E-state index contributed by atoms with van der Waals surface area (Å²) in [6.07, 6.45) is 5.03. The number of carbonyl (C=O) groups excluding carboxylic acids is 2. The van der Waals surface area contributed by atoms with Crippen molar-refractivity contribution in [2.45, 2.75) is 38.6 Å². The van der Waals surface area contributed by atoms with Gasteiger partial charge in [0.15, 0.2) is 5.96 Å². The van der Waals surface area contributed by atoms with Crippen LogP contribution >= 0.6 is 24.0 Å². The molecule has 2 fully saturated rings. The van der Waals surface area contributed by atoms with Crippen LogP contribution in [0.2, 0.25) is 0 Å². The lowest BCUT2D eigenvalue weighted by atomic mass is 10.0. The number of hydrogen-bond acceptors (Lipinski definition) is 4. The third kappa shape index (κ3) is 6.96. The summed E-state index contributed by atoms with van der Waals surface area (Å²) < 4.78 is 0. The molecule has 1 unspecified atom stereocenters. The Labute approximate surface area is 167 Å². The Kier molecular flexibility index (Phi) is 10.1. The van der Waals surface area contributed by atoms with Crippen molar-refractivity contribution < 1.29 is 9.59 Å². The van der Waals surface area contributed by atoms with Crippen LogP contribution in [0.1, 0.15) is 32.6 Å². The molecular weight excluding hydrogens is 435 g/mol. The molecule has 0 saturated carbocycles. The molecule has 9 heteroatoms. The summed E-state index contributed by atoms with van der Waals surface area (Å²) in [6.45, 7) is 6.40. The van der Waals surface area contributed by atoms with Crippen LogP contribution in [-0.4, -0.2) is 80.1 Å². The number of aliphatic imine (C=N–C) groups is 1. The quantitative estimate of drug-likeness (QED) is 0.168. The van der Waals surface area contributed by atoms with E-state index in [0.29, 0.717) is 25.1 Å². The Morgan fingerprint density at radius 3 is 2.64 bits per heavy atom. The minimum absolute atomic E-state index is 0. The number of carbonyl (C=O) groups is 2. The minimum Gasteiger partial charge on any atom is -0.356 e. The van der Waals surface area contributed by atoms with Gasteiger partial charge < -0.3 is 20.9 Å². The van der Waals surface area contributed by atoms with Gasteiger partial charge in [0.2, 0.25) is 5.91 Å². The van der Waals surface area contributed by atoms with Gasteiger partial charge in [-0.1, -0.05) is 6.42 Å². The van der Waals surface area contributed by atoms with Gasteiger partial charge in [0.05, 0.1) is 6.54 Å². The van der Waals surface area contributed by atoms with E-state index in [4.69, 9.17) is 0 Å². The van der Waals surface area contributed by atoms with E-state index in [1.807, 2.05) is 0 Å². The number of piperidine rings is 1. The maximum absolute atomic E-state index is 11.5. The normalized spacial score (nSPS) is 21.8. The predicted octanol–water partition coefficient (Wildman–Crippen LogP) is 0.586. The first kappa shape index (κ1) is 21.9. The van der Waals surface area contributed by atoms with E-state index in [-0.39, 0.29) is 42.5 Å². The number of nitrogens with one attached hydrogen (secondary N) is 3. The monoisotopic (exact) mass is 466 g/mol. The van der Waals surface area contributed by atoms with Gasteiger partial charge in [-0.3, -0.25) is 14.7 Å². The van der Waals surface area contributed by atoms with Crippen molar-refractivity contribution in [2.75, 3.05) is 46.3 Å². The van der Waals surface area contributed by atoms with Crippen molar-refractivity contribution in [1.82, 2.24) is 25.8 Å². The number of imide groups is 1. The van der Waals surface area contributed by atoms with Gasteiger partial charge in [-0.15, -0.1) is 24.0 Å². The summed E-state index contributed by atoms with van der Waals surface area (Å²) in [4.78, 5) is 30.9. The molecule has 2 heterocycles. The van der Waals surface area contributed by atoms with E-state index in [1.54, 1.807) is 7.05 Å². The van der Waals surface area contributed by atoms with Crippen LogP contribution in [-0.2, 0) is 4.79 Å². The molecule has 0 aromatic carbocycles. The fourth-order valence-corrected chi connectivity index (χ4v) is 3.17. The molecule has 2 aliphatic heterocycles. The van der Waals surface area contributed by atoms with E-state index in [1.165, 1.54) is 30.7 Å². The second-order valence-electron chi connectivity index (χ2n) is 6.36. The van der Waals surface area contributed by atoms with E-state index < -0.39 is 0 Å². The zero-order chi connectivity index (χ0) is 17.4. The number of guanidine groups is 1. The number of likely N-dealkylation sites (tertiary alicyclic amines) is 1. The SMILES string of the molecule is CN=C(NCCCN1CCCCC1C)NCCN1C(=O)CNC1=O.I. The number of rotatable bonds is 7. The Morgan fingerprint density at radius 1 is 1.24 bits per heavy atom. The van der Waals surface area contributed by atoms with E-state index in [0.717, 1.165) is 19.5 Å². The summed E-state index contributed by atoms with van der Waals surface area (Å²) in [6, 6.07) is 0.376. The van der Waals surface area contributed by atoms with Gasteiger partial charge in [-0.2, -0.15) is 0 Å². The Morgan fingerprint density at radius 2 is 2.00 bits per heavy atom. The van der Waals surface area contributed by atoms with Crippen LogP contribution in [0.3, 0.4) is 0 Å². The Hall–Kier alpha value is -1.10. The molecule has 0 spiro atoms. The van der Waals surface area contributed by atoms with Crippen LogP contribution in [0, 0.1) is 0 Å². The molecule has 2 rings (SSSR count). The fraction of sp³-hybridized carbons (Fsp3) is 0.812. The summed E-state index contributed by atoms with van der Waals surface area (Å²) >= 11 is 0. The minimum atomic E-state index is -0.319. The highest BCUT2D eigenvalue weighted by atomic mass is 127. The first-order valence-electron chi connectivity index (χ1n) is 8.88. The van der Waals surface area contributed by atoms with Crippen molar-refractivity contribution in [2.24, 2.45) is 4.99 Å². The summed E-state index contributed by atoms with van der Waals surface area (Å²) in [5, 5.41) is 8.92. The van der Waals surface area contributed by atoms with Gasteiger partial charge in [0.1, 0.15) is 0 Å². The second kappa shape index (κ2) is 11.5. The maximum Gasteiger partial charge on any atom is 0.324 e. The molecule has 0 radical (unpaired) electrons. The smallest absolute Gasteiger partial charge is 0.324 e. The highest BCUT2D eigenvalue weighted by Crippen LogP contribution is 2.15. The summed E-state index contributed by atoms with van der Waals surface area (Å²) in [5.74, 6) is 0.522. The summed E-state index contributed by atoms with van der Waals surface area (Å²) in [7, 11) is 1.72. The molecule has 3 N–H and O–H groups in total. The first-order valence-corrected chi connectivity index (χ1v) is 8.88. The van der Waals surface area contributed by atoms with Crippen molar-refractivity contribution in [3.8, 4) is 0 Å². The average molecular weight is 466 g/mol. The predicted molar refractivity (Wildman–Crippen MR) is 109 cm³/mol. The molecule has 0 aromatic rings. The lowest BCUT2D eigenvalue weighted by molar-refractivity contribution is -0.124. The van der Waals surface area contributed by atoms with Gasteiger partial charge in [0.25, 0.3) is 0 Å². The molecule has 144 valence electrons. The van der Waals surface area contributed by atoms with Gasteiger partial charge in [-0.05, 0) is 32.7 Å². The zero-order valence-electron chi connectivity index (χ0n) is 15.2. The molecular formula is C16H31IN6O2. The maximum atomic E-state index is 11.5. The van der Waals surface area contributed by atoms with E-state index >= 15 is 0 Å². The molecule has 3 amide bonds. The van der Waals surface area contributed by atoms with Gasteiger partial charge in [0, 0.05) is 39.3 Å². The topological polar surface area (TPSA) is 89.1 Å². The van der Waals surface area contributed by atoms with Crippen LogP contribution in [0.15, 0.2) is 4.99 Å². The number of nitrogens with zero attached hydrogens (tertiary/aromatic N) is 3. The van der Waals surface area contributed by atoms with Crippen LogP contribution in [0.5, 0.6) is 0 Å². The van der Waals surface area contributed by atoms with Crippen LogP contribution in [0.25, 0.3) is 0 Å². The number of halogens is 1. The number of urea groups is 1. The lowest BCUT2D eigenvalue weighted by Crippen LogP contribution is -2.44. The molecule has 1 atom stereocenters. The van der Waals surface area contributed by atoms with Crippen LogP contribution in [0.4, 0.5) is 4.79 Å². The third-order valence-corrected chi connectivity index (χ3v) is 4.64. The van der Waals surface area contributed by atoms with E-state index in [2.05, 4.69) is 32.8 Å². The molecule has 0 aromatic heterocycles. The molecule has 2 saturated heterocycles. The highest BCUT2D eigenvalue weighted by Gasteiger charge is 2.27. The third-order valence-electron chi connectivity index (χ3n) is 4.64. The molecule has 8 nitrogen and oxygen atoms in total. The van der Waals surface area contributed by atoms with E-state index in [9.17, 15) is 9.59 Å². The van der Waals surface area contributed by atoms with Crippen molar-refractivity contribution >= 4 is 41.9 Å². The van der Waals surface area contributed by atoms with Crippen molar-refractivity contribution in [3.63, 3.8) is 0 Å². The molecule has 0 aliphatic carbocycles. The molecule has 0 bridgehead atoms. The second-order valence-corrected chi connectivity index (χ2v) is 6.36. The lowest BCUT2D eigenvalue weighted by Gasteiger charge is -2.33. The molecule has 25 heavy (non-hydrogen) atoms. The van der Waals surface area contributed by atoms with Gasteiger partial charge in [-0.25, -0.2) is 4.79 Å². The summed E-state index contributed by atoms with van der Waals surface area (Å²) in [5.41, 5.74) is 0. The van der Waals surface area contributed by atoms with Gasteiger partial charge >= 0.3 is 6.03 Å². The molecule has 2 aliphatic rings. The average Bonchev–Trinajstić information content (AvgIpc) is 2.90. The highest BCUT2D eigenvalue weighted by molar-refractivity contribution is 14.0. The largest absolute Gasteiger partial charge is 0.356 e. The van der Waals surface area contributed by atoms with Crippen molar-refractivity contribution in [3.05, 3.63) is 0 Å². The Bertz CT molecular complexity index is 458. The first-order chi connectivity index (χ1) is 11.6. The fourth-order valence-electron chi connectivity index (χ4n) is 3.17. The Balaban J connectivity index is 0.00000312.